The number of carbonyl (C=O) groups excluding carboxylic acids is 1. The van der Waals surface area contributed by atoms with Gasteiger partial charge in [-0.3, -0.25) is 4.79 Å². The van der Waals surface area contributed by atoms with Crippen molar-refractivity contribution in [1.82, 2.24) is 5.32 Å². The molecule has 0 aromatic carbocycles. The molecule has 0 aliphatic carbocycles. The van der Waals surface area contributed by atoms with Crippen LogP contribution in [0.15, 0.2) is 0 Å². The van der Waals surface area contributed by atoms with Crippen LogP contribution in [-0.2, 0) is 4.79 Å². The Kier molecular flexibility index (Phi) is 29.5. The molecule has 0 bridgehead atoms. The van der Waals surface area contributed by atoms with Gasteiger partial charge >= 0.3 is 0 Å². The van der Waals surface area contributed by atoms with Crippen LogP contribution in [0.25, 0.3) is 0 Å². The largest absolute Gasteiger partial charge is 0.355 e. The second kappa shape index (κ2) is 23.2. The van der Waals surface area contributed by atoms with E-state index in [9.17, 15) is 4.79 Å². The van der Waals surface area contributed by atoms with Gasteiger partial charge in [-0.2, -0.15) is 25.3 Å². The van der Waals surface area contributed by atoms with Crippen molar-refractivity contribution in [3.05, 3.63) is 0 Å². The van der Waals surface area contributed by atoms with Crippen LogP contribution in [-0.4, -0.2) is 37.0 Å². The number of nitrogens with one attached hydrogen (secondary N) is 1. The Balaban J connectivity index is -0.000000264. The Hall–Kier alpha value is 0.0900. The van der Waals surface area contributed by atoms with Crippen LogP contribution in [0.4, 0.5) is 0 Å². The van der Waals surface area contributed by atoms with Crippen molar-refractivity contribution in [1.29, 1.82) is 0 Å². The standard InChI is InChI=1S/C8H17NOS.C3H9N.C2H7NS/c1-7(2)3-4-8(10)9-5-6-11;1-2-3-4;3-1-2-4/h7,11H,3-6H2,1-2H3,(H,9,10);2-4H2,1H3;4H,1-3H2. The molecule has 1 amide bonds. The summed E-state index contributed by atoms with van der Waals surface area (Å²) >= 11 is 7.78. The summed E-state index contributed by atoms with van der Waals surface area (Å²) in [6.45, 7) is 8.47. The number of rotatable bonds is 7. The molecule has 0 fully saturated rings. The van der Waals surface area contributed by atoms with Gasteiger partial charge in [0.15, 0.2) is 0 Å². The molecular formula is C13H33N3OS2. The number of nitrogens with two attached hydrogens (primary N) is 2. The second-order valence-corrected chi connectivity index (χ2v) is 5.20. The SMILES string of the molecule is CC(C)CCC(=O)NCCS.CCCN.NCCS. The van der Waals surface area contributed by atoms with Gasteiger partial charge in [-0.1, -0.05) is 20.8 Å². The summed E-state index contributed by atoms with van der Waals surface area (Å²) in [7, 11) is 0. The van der Waals surface area contributed by atoms with E-state index >= 15 is 0 Å². The molecule has 5 N–H and O–H groups in total. The van der Waals surface area contributed by atoms with E-state index in [1.807, 2.05) is 0 Å². The van der Waals surface area contributed by atoms with Crippen LogP contribution in [0.3, 0.4) is 0 Å². The van der Waals surface area contributed by atoms with Crippen molar-refractivity contribution in [2.75, 3.05) is 31.1 Å². The predicted molar refractivity (Wildman–Crippen MR) is 93.2 cm³/mol. The predicted octanol–water partition coefficient (Wildman–Crippen LogP) is 1.70. The fourth-order valence-corrected chi connectivity index (χ4v) is 0.815. The molecule has 0 heterocycles. The van der Waals surface area contributed by atoms with Gasteiger partial charge in [0, 0.05) is 31.0 Å². The molecule has 118 valence electrons. The highest BCUT2D eigenvalue weighted by Crippen LogP contribution is 2.02. The van der Waals surface area contributed by atoms with E-state index in [0.29, 0.717) is 31.2 Å². The van der Waals surface area contributed by atoms with Crippen molar-refractivity contribution in [2.45, 2.75) is 40.0 Å². The van der Waals surface area contributed by atoms with Gasteiger partial charge in [0.1, 0.15) is 0 Å². The normalized spacial score (nSPS) is 9.05. The van der Waals surface area contributed by atoms with Crippen LogP contribution >= 0.6 is 25.3 Å². The van der Waals surface area contributed by atoms with Gasteiger partial charge in [-0.05, 0) is 25.3 Å². The fourth-order valence-electron chi connectivity index (χ4n) is 0.703. The zero-order valence-electron chi connectivity index (χ0n) is 12.7. The van der Waals surface area contributed by atoms with E-state index in [4.69, 9.17) is 11.5 Å². The number of amides is 1. The van der Waals surface area contributed by atoms with Crippen molar-refractivity contribution in [3.8, 4) is 0 Å². The summed E-state index contributed by atoms with van der Waals surface area (Å²) in [6.07, 6.45) is 2.71. The first-order chi connectivity index (χ1) is 8.99. The Labute approximate surface area is 130 Å². The van der Waals surface area contributed by atoms with Gasteiger partial charge in [-0.15, -0.1) is 0 Å². The minimum absolute atomic E-state index is 0.146. The first-order valence-corrected chi connectivity index (χ1v) is 8.15. The molecule has 19 heavy (non-hydrogen) atoms. The summed E-state index contributed by atoms with van der Waals surface area (Å²) in [5.41, 5.74) is 9.98. The zero-order chi connectivity index (χ0) is 15.5. The molecular weight excluding hydrogens is 278 g/mol. The number of thiol groups is 2. The maximum atomic E-state index is 11.0. The quantitative estimate of drug-likeness (QED) is 0.464. The van der Waals surface area contributed by atoms with Gasteiger partial charge in [0.25, 0.3) is 0 Å². The lowest BCUT2D eigenvalue weighted by Gasteiger charge is -2.04. The summed E-state index contributed by atoms with van der Waals surface area (Å²) in [5, 5.41) is 2.77. The Morgan fingerprint density at radius 3 is 1.89 bits per heavy atom. The molecule has 0 radical (unpaired) electrons. The Bertz CT molecular complexity index is 162. The van der Waals surface area contributed by atoms with Crippen LogP contribution in [0.5, 0.6) is 0 Å². The minimum atomic E-state index is 0.146. The van der Waals surface area contributed by atoms with Gasteiger partial charge in [0.05, 0.1) is 0 Å². The zero-order valence-corrected chi connectivity index (χ0v) is 14.5. The van der Waals surface area contributed by atoms with Gasteiger partial charge < -0.3 is 16.8 Å². The van der Waals surface area contributed by atoms with E-state index in [2.05, 4.69) is 51.3 Å². The second-order valence-electron chi connectivity index (χ2n) is 4.31. The highest BCUT2D eigenvalue weighted by atomic mass is 32.1. The number of hydrogen-bond acceptors (Lipinski definition) is 5. The first kappa shape index (κ1) is 24.1. The number of hydrogen-bond donors (Lipinski definition) is 5. The van der Waals surface area contributed by atoms with Gasteiger partial charge in [-0.25, -0.2) is 0 Å². The molecule has 0 saturated carbocycles. The molecule has 0 saturated heterocycles. The summed E-state index contributed by atoms with van der Waals surface area (Å²) in [6, 6.07) is 0. The highest BCUT2D eigenvalue weighted by molar-refractivity contribution is 7.80. The maximum absolute atomic E-state index is 11.0. The third kappa shape index (κ3) is 38.1. The molecule has 0 unspecified atom stereocenters. The lowest BCUT2D eigenvalue weighted by atomic mass is 10.1. The molecule has 0 aromatic rings. The summed E-state index contributed by atoms with van der Waals surface area (Å²) < 4.78 is 0. The first-order valence-electron chi connectivity index (χ1n) is 6.88. The summed E-state index contributed by atoms with van der Waals surface area (Å²) in [5.74, 6) is 2.26. The lowest BCUT2D eigenvalue weighted by Crippen LogP contribution is -2.25. The Morgan fingerprint density at radius 2 is 1.63 bits per heavy atom. The smallest absolute Gasteiger partial charge is 0.220 e. The molecule has 6 heteroatoms. The molecule has 0 aromatic heterocycles. The Morgan fingerprint density at radius 1 is 1.16 bits per heavy atom. The topological polar surface area (TPSA) is 81.1 Å². The monoisotopic (exact) mass is 311 g/mol. The van der Waals surface area contributed by atoms with E-state index in [-0.39, 0.29) is 5.91 Å². The third-order valence-corrected chi connectivity index (χ3v) is 2.28. The van der Waals surface area contributed by atoms with E-state index in [1.54, 1.807) is 0 Å². The highest BCUT2D eigenvalue weighted by Gasteiger charge is 2.00. The van der Waals surface area contributed by atoms with Crippen LogP contribution < -0.4 is 16.8 Å². The van der Waals surface area contributed by atoms with Crippen molar-refractivity contribution >= 4 is 31.2 Å². The van der Waals surface area contributed by atoms with Crippen molar-refractivity contribution in [3.63, 3.8) is 0 Å². The third-order valence-electron chi connectivity index (χ3n) is 1.80. The van der Waals surface area contributed by atoms with Gasteiger partial charge in [0.2, 0.25) is 5.91 Å². The van der Waals surface area contributed by atoms with Crippen molar-refractivity contribution in [2.24, 2.45) is 17.4 Å². The van der Waals surface area contributed by atoms with Crippen LogP contribution in [0.2, 0.25) is 0 Å². The molecule has 0 aliphatic rings. The average Bonchev–Trinajstić information content (AvgIpc) is 2.43. The molecule has 0 spiro atoms. The maximum Gasteiger partial charge on any atom is 0.220 e. The van der Waals surface area contributed by atoms with E-state index in [0.717, 1.165) is 25.1 Å². The molecule has 4 nitrogen and oxygen atoms in total. The minimum Gasteiger partial charge on any atom is -0.355 e. The molecule has 0 aliphatic heterocycles. The van der Waals surface area contributed by atoms with Crippen LogP contribution in [0, 0.1) is 5.92 Å². The van der Waals surface area contributed by atoms with Crippen LogP contribution in [0.1, 0.15) is 40.0 Å². The molecule has 0 atom stereocenters. The van der Waals surface area contributed by atoms with Crippen molar-refractivity contribution < 1.29 is 4.79 Å². The van der Waals surface area contributed by atoms with E-state index in [1.165, 1.54) is 0 Å². The van der Waals surface area contributed by atoms with E-state index < -0.39 is 0 Å². The molecule has 0 rings (SSSR count). The summed E-state index contributed by atoms with van der Waals surface area (Å²) in [4.78, 5) is 11.0. The lowest BCUT2D eigenvalue weighted by molar-refractivity contribution is -0.121. The average molecular weight is 312 g/mol. The number of carbonyl (C=O) groups is 1. The fraction of sp³-hybridized carbons (Fsp3) is 0.923.